The molecule has 2 fully saturated rings. The van der Waals surface area contributed by atoms with E-state index in [4.69, 9.17) is 5.73 Å². The lowest BCUT2D eigenvalue weighted by atomic mass is 9.95. The fourth-order valence-electron chi connectivity index (χ4n) is 3.08. The zero-order valence-corrected chi connectivity index (χ0v) is 12.8. The van der Waals surface area contributed by atoms with Gasteiger partial charge in [-0.3, -0.25) is 9.69 Å². The van der Waals surface area contributed by atoms with Crippen molar-refractivity contribution in [2.24, 2.45) is 11.7 Å². The van der Waals surface area contributed by atoms with Crippen molar-refractivity contribution in [3.63, 3.8) is 0 Å². The van der Waals surface area contributed by atoms with E-state index in [2.05, 4.69) is 10.2 Å². The first-order valence-electron chi connectivity index (χ1n) is 7.40. The Morgan fingerprint density at radius 3 is 2.42 bits per heavy atom. The van der Waals surface area contributed by atoms with Crippen molar-refractivity contribution in [3.8, 4) is 0 Å². The molecule has 0 spiro atoms. The highest BCUT2D eigenvalue weighted by atomic mass is 35.5. The van der Waals surface area contributed by atoms with Crippen molar-refractivity contribution in [1.29, 1.82) is 0 Å². The number of carbonyl (C=O) groups is 1. The maximum absolute atomic E-state index is 12.0. The Kier molecular flexibility index (Phi) is 7.11. The van der Waals surface area contributed by atoms with E-state index >= 15 is 0 Å². The molecule has 0 radical (unpaired) electrons. The van der Waals surface area contributed by atoms with Crippen molar-refractivity contribution >= 4 is 18.3 Å². The summed E-state index contributed by atoms with van der Waals surface area (Å²) in [4.78, 5) is 14.1. The summed E-state index contributed by atoms with van der Waals surface area (Å²) in [7, 11) is 2.02. The summed E-state index contributed by atoms with van der Waals surface area (Å²) in [6.07, 6.45) is 8.69. The normalized spacial score (nSPS) is 21.8. The van der Waals surface area contributed by atoms with Gasteiger partial charge in [0.1, 0.15) is 0 Å². The van der Waals surface area contributed by atoms with Crippen molar-refractivity contribution in [1.82, 2.24) is 10.2 Å². The van der Waals surface area contributed by atoms with E-state index in [1.165, 1.54) is 32.1 Å². The molecule has 0 aromatic carbocycles. The highest BCUT2D eigenvalue weighted by Crippen LogP contribution is 2.34. The summed E-state index contributed by atoms with van der Waals surface area (Å²) in [6, 6.07) is 0.805. The average molecular weight is 290 g/mol. The standard InChI is InChI=1S/C14H27N3O.ClH/c1-17(13(9-15)11-7-8-11)10-14(18)16-12-5-3-2-4-6-12;/h11-13H,2-10,15H2,1H3,(H,16,18);1H. The molecule has 1 amide bonds. The molecule has 5 heteroatoms. The lowest BCUT2D eigenvalue weighted by molar-refractivity contribution is -0.123. The van der Waals surface area contributed by atoms with Crippen LogP contribution in [0.15, 0.2) is 0 Å². The first-order chi connectivity index (χ1) is 8.70. The number of amides is 1. The third kappa shape index (κ3) is 5.28. The van der Waals surface area contributed by atoms with Crippen LogP contribution in [0.4, 0.5) is 0 Å². The van der Waals surface area contributed by atoms with Crippen LogP contribution >= 0.6 is 12.4 Å². The van der Waals surface area contributed by atoms with E-state index in [1.54, 1.807) is 0 Å². The number of likely N-dealkylation sites (N-methyl/N-ethyl adjacent to an activating group) is 1. The number of rotatable bonds is 6. The molecule has 0 saturated heterocycles. The third-order valence-corrected chi connectivity index (χ3v) is 4.34. The number of hydrogen-bond donors (Lipinski definition) is 2. The Labute approximate surface area is 122 Å². The Morgan fingerprint density at radius 1 is 1.26 bits per heavy atom. The summed E-state index contributed by atoms with van der Waals surface area (Å²) in [5.41, 5.74) is 5.80. The van der Waals surface area contributed by atoms with Gasteiger partial charge in [-0.25, -0.2) is 0 Å². The predicted molar refractivity (Wildman–Crippen MR) is 80.5 cm³/mol. The second-order valence-electron chi connectivity index (χ2n) is 5.96. The van der Waals surface area contributed by atoms with Gasteiger partial charge in [0.05, 0.1) is 6.54 Å². The molecule has 3 N–H and O–H groups in total. The van der Waals surface area contributed by atoms with E-state index in [1.807, 2.05) is 7.05 Å². The maximum Gasteiger partial charge on any atom is 0.234 e. The second kappa shape index (κ2) is 8.08. The van der Waals surface area contributed by atoms with Gasteiger partial charge in [0.15, 0.2) is 0 Å². The minimum atomic E-state index is 0. The number of nitrogens with zero attached hydrogens (tertiary/aromatic N) is 1. The van der Waals surface area contributed by atoms with E-state index < -0.39 is 0 Å². The van der Waals surface area contributed by atoms with Crippen LogP contribution in [0.5, 0.6) is 0 Å². The molecule has 0 heterocycles. The number of carbonyl (C=O) groups excluding carboxylic acids is 1. The third-order valence-electron chi connectivity index (χ3n) is 4.34. The Balaban J connectivity index is 0.00000180. The fourth-order valence-corrected chi connectivity index (χ4v) is 3.08. The van der Waals surface area contributed by atoms with Crippen molar-refractivity contribution in [3.05, 3.63) is 0 Å². The van der Waals surface area contributed by atoms with Crippen LogP contribution in [0.3, 0.4) is 0 Å². The summed E-state index contributed by atoms with van der Waals surface area (Å²) in [5.74, 6) is 0.894. The first kappa shape index (κ1) is 16.7. The molecule has 2 aliphatic carbocycles. The molecular weight excluding hydrogens is 262 g/mol. The van der Waals surface area contributed by atoms with Crippen molar-refractivity contribution in [2.45, 2.75) is 57.0 Å². The zero-order chi connectivity index (χ0) is 13.0. The number of halogens is 1. The Hall–Kier alpha value is -0.320. The average Bonchev–Trinajstić information content (AvgIpc) is 3.15. The Bertz CT molecular complexity index is 278. The highest BCUT2D eigenvalue weighted by molar-refractivity contribution is 5.85. The number of nitrogens with two attached hydrogens (primary N) is 1. The molecule has 2 rings (SSSR count). The lowest BCUT2D eigenvalue weighted by Gasteiger charge is -2.28. The van der Waals surface area contributed by atoms with Gasteiger partial charge in [0, 0.05) is 18.6 Å². The van der Waals surface area contributed by atoms with Gasteiger partial charge >= 0.3 is 0 Å². The monoisotopic (exact) mass is 289 g/mol. The van der Waals surface area contributed by atoms with E-state index in [-0.39, 0.29) is 18.3 Å². The van der Waals surface area contributed by atoms with Gasteiger partial charge in [0.25, 0.3) is 0 Å². The molecule has 0 aromatic rings. The van der Waals surface area contributed by atoms with Gasteiger partial charge in [-0.1, -0.05) is 19.3 Å². The van der Waals surface area contributed by atoms with Crippen LogP contribution in [0.2, 0.25) is 0 Å². The van der Waals surface area contributed by atoms with Crippen LogP contribution in [0, 0.1) is 5.92 Å². The molecule has 2 aliphatic rings. The largest absolute Gasteiger partial charge is 0.352 e. The topological polar surface area (TPSA) is 58.4 Å². The highest BCUT2D eigenvalue weighted by Gasteiger charge is 2.33. The molecular formula is C14H28ClN3O. The summed E-state index contributed by atoms with van der Waals surface area (Å²) in [6.45, 7) is 1.16. The molecule has 4 nitrogen and oxygen atoms in total. The number of nitrogens with one attached hydrogen (secondary N) is 1. The van der Waals surface area contributed by atoms with Gasteiger partial charge in [-0.05, 0) is 38.6 Å². The fraction of sp³-hybridized carbons (Fsp3) is 0.929. The lowest BCUT2D eigenvalue weighted by Crippen LogP contribution is -2.47. The van der Waals surface area contributed by atoms with Crippen LogP contribution in [0.1, 0.15) is 44.9 Å². The minimum Gasteiger partial charge on any atom is -0.352 e. The SMILES string of the molecule is CN(CC(=O)NC1CCCCC1)C(CN)C1CC1.Cl. The molecule has 0 bridgehead atoms. The Morgan fingerprint density at radius 2 is 1.89 bits per heavy atom. The zero-order valence-electron chi connectivity index (χ0n) is 11.9. The van der Waals surface area contributed by atoms with Gasteiger partial charge in [0.2, 0.25) is 5.91 Å². The van der Waals surface area contributed by atoms with Gasteiger partial charge in [-0.15, -0.1) is 12.4 Å². The quantitative estimate of drug-likeness (QED) is 0.780. The van der Waals surface area contributed by atoms with Crippen LogP contribution in [-0.2, 0) is 4.79 Å². The molecule has 2 saturated carbocycles. The van der Waals surface area contributed by atoms with E-state index in [0.717, 1.165) is 18.8 Å². The molecule has 19 heavy (non-hydrogen) atoms. The van der Waals surface area contributed by atoms with Crippen molar-refractivity contribution in [2.75, 3.05) is 20.1 Å². The van der Waals surface area contributed by atoms with Crippen molar-refractivity contribution < 1.29 is 4.79 Å². The number of hydrogen-bond acceptors (Lipinski definition) is 3. The van der Waals surface area contributed by atoms with Crippen LogP contribution in [-0.4, -0.2) is 43.0 Å². The van der Waals surface area contributed by atoms with Crippen LogP contribution in [0.25, 0.3) is 0 Å². The van der Waals surface area contributed by atoms with E-state index in [0.29, 0.717) is 25.2 Å². The smallest absolute Gasteiger partial charge is 0.234 e. The predicted octanol–water partition coefficient (Wildman–Crippen LogP) is 1.53. The van der Waals surface area contributed by atoms with E-state index in [9.17, 15) is 4.79 Å². The van der Waals surface area contributed by atoms with Crippen LogP contribution < -0.4 is 11.1 Å². The molecule has 1 unspecified atom stereocenters. The first-order valence-corrected chi connectivity index (χ1v) is 7.40. The summed E-state index contributed by atoms with van der Waals surface area (Å²) < 4.78 is 0. The molecule has 1 atom stereocenters. The molecule has 0 aromatic heterocycles. The van der Waals surface area contributed by atoms with Gasteiger partial charge in [-0.2, -0.15) is 0 Å². The van der Waals surface area contributed by atoms with Gasteiger partial charge < -0.3 is 11.1 Å². The second-order valence-corrected chi connectivity index (χ2v) is 5.96. The minimum absolute atomic E-state index is 0. The summed E-state index contributed by atoms with van der Waals surface area (Å²) >= 11 is 0. The molecule has 112 valence electrons. The molecule has 0 aliphatic heterocycles. The summed E-state index contributed by atoms with van der Waals surface area (Å²) in [5, 5.41) is 3.17. The maximum atomic E-state index is 12.0.